The summed E-state index contributed by atoms with van der Waals surface area (Å²) in [6, 6.07) is 11.6. The van der Waals surface area contributed by atoms with Crippen molar-refractivity contribution >= 4 is 23.3 Å². The monoisotopic (exact) mass is 343 g/mol. The maximum atomic E-state index is 12.3. The number of aromatic nitrogens is 1. The minimum absolute atomic E-state index is 0.0351. The molecular formula is C19H22ClN3O. The molecule has 1 amide bonds. The van der Waals surface area contributed by atoms with Crippen molar-refractivity contribution in [2.75, 3.05) is 5.32 Å². The summed E-state index contributed by atoms with van der Waals surface area (Å²) >= 11 is 6.14. The topological polar surface area (TPSA) is 54.0 Å². The SMILES string of the molecule is O=C(NC1CCCCC1)c1ccc(NCc2ccccc2Cl)nc1. The minimum Gasteiger partial charge on any atom is -0.366 e. The largest absolute Gasteiger partial charge is 0.366 e. The van der Waals surface area contributed by atoms with Gasteiger partial charge < -0.3 is 10.6 Å². The lowest BCUT2D eigenvalue weighted by molar-refractivity contribution is 0.0927. The van der Waals surface area contributed by atoms with E-state index in [0.717, 1.165) is 29.2 Å². The molecule has 0 unspecified atom stereocenters. The highest BCUT2D eigenvalue weighted by Crippen LogP contribution is 2.18. The van der Waals surface area contributed by atoms with E-state index in [2.05, 4.69) is 15.6 Å². The van der Waals surface area contributed by atoms with Gasteiger partial charge in [-0.25, -0.2) is 4.98 Å². The quantitative estimate of drug-likeness (QED) is 0.845. The molecule has 0 aliphatic heterocycles. The molecule has 3 rings (SSSR count). The highest BCUT2D eigenvalue weighted by molar-refractivity contribution is 6.31. The number of benzene rings is 1. The van der Waals surface area contributed by atoms with Gasteiger partial charge in [-0.2, -0.15) is 0 Å². The first-order chi connectivity index (χ1) is 11.7. The first kappa shape index (κ1) is 16.8. The number of carbonyl (C=O) groups excluding carboxylic acids is 1. The normalized spacial score (nSPS) is 15.0. The van der Waals surface area contributed by atoms with Gasteiger partial charge >= 0.3 is 0 Å². The number of halogens is 1. The highest BCUT2D eigenvalue weighted by Gasteiger charge is 2.16. The molecule has 1 heterocycles. The maximum absolute atomic E-state index is 12.3. The lowest BCUT2D eigenvalue weighted by Crippen LogP contribution is -2.36. The molecule has 4 nitrogen and oxygen atoms in total. The van der Waals surface area contributed by atoms with Crippen molar-refractivity contribution in [1.29, 1.82) is 0 Å². The summed E-state index contributed by atoms with van der Waals surface area (Å²) in [5.74, 6) is 0.691. The van der Waals surface area contributed by atoms with Crippen molar-refractivity contribution in [2.24, 2.45) is 0 Å². The first-order valence-corrected chi connectivity index (χ1v) is 8.84. The molecule has 5 heteroatoms. The molecule has 0 radical (unpaired) electrons. The summed E-state index contributed by atoms with van der Waals surface area (Å²) in [5.41, 5.74) is 1.61. The molecule has 126 valence electrons. The van der Waals surface area contributed by atoms with Crippen molar-refractivity contribution in [1.82, 2.24) is 10.3 Å². The van der Waals surface area contributed by atoms with E-state index in [9.17, 15) is 4.79 Å². The Morgan fingerprint density at radius 3 is 2.62 bits per heavy atom. The van der Waals surface area contributed by atoms with Crippen molar-refractivity contribution in [2.45, 2.75) is 44.7 Å². The van der Waals surface area contributed by atoms with E-state index in [4.69, 9.17) is 11.6 Å². The lowest BCUT2D eigenvalue weighted by atomic mass is 9.95. The zero-order valence-corrected chi connectivity index (χ0v) is 14.4. The fraction of sp³-hybridized carbons (Fsp3) is 0.368. The third-order valence-electron chi connectivity index (χ3n) is 4.38. The van der Waals surface area contributed by atoms with Crippen LogP contribution in [0.4, 0.5) is 5.82 Å². The Bertz CT molecular complexity index is 681. The van der Waals surface area contributed by atoms with E-state index in [-0.39, 0.29) is 5.91 Å². The molecule has 0 spiro atoms. The summed E-state index contributed by atoms with van der Waals surface area (Å²) in [5, 5.41) is 7.06. The van der Waals surface area contributed by atoms with Gasteiger partial charge in [0.05, 0.1) is 5.56 Å². The maximum Gasteiger partial charge on any atom is 0.253 e. The number of nitrogens with one attached hydrogen (secondary N) is 2. The highest BCUT2D eigenvalue weighted by atomic mass is 35.5. The lowest BCUT2D eigenvalue weighted by Gasteiger charge is -2.22. The summed E-state index contributed by atoms with van der Waals surface area (Å²) in [4.78, 5) is 16.6. The van der Waals surface area contributed by atoms with Crippen LogP contribution in [0.25, 0.3) is 0 Å². The van der Waals surface area contributed by atoms with Gasteiger partial charge in [0.25, 0.3) is 5.91 Å². The van der Waals surface area contributed by atoms with Gasteiger partial charge in [0.2, 0.25) is 0 Å². The van der Waals surface area contributed by atoms with E-state index in [1.807, 2.05) is 30.3 Å². The smallest absolute Gasteiger partial charge is 0.253 e. The van der Waals surface area contributed by atoms with Gasteiger partial charge in [-0.1, -0.05) is 49.1 Å². The van der Waals surface area contributed by atoms with E-state index in [1.54, 1.807) is 12.3 Å². The van der Waals surface area contributed by atoms with Crippen LogP contribution in [0, 0.1) is 0 Å². The van der Waals surface area contributed by atoms with Crippen molar-refractivity contribution in [3.8, 4) is 0 Å². The average molecular weight is 344 g/mol. The van der Waals surface area contributed by atoms with E-state index in [1.165, 1.54) is 19.3 Å². The number of pyridine rings is 1. The molecule has 24 heavy (non-hydrogen) atoms. The number of hydrogen-bond donors (Lipinski definition) is 2. The van der Waals surface area contributed by atoms with Crippen LogP contribution in [0.2, 0.25) is 5.02 Å². The van der Waals surface area contributed by atoms with Gasteiger partial charge in [-0.15, -0.1) is 0 Å². The van der Waals surface area contributed by atoms with Crippen LogP contribution in [-0.4, -0.2) is 16.9 Å². The Kier molecular flexibility index (Phi) is 5.70. The molecule has 1 aliphatic rings. The third kappa shape index (κ3) is 4.48. The molecule has 0 atom stereocenters. The molecule has 0 saturated heterocycles. The van der Waals surface area contributed by atoms with Gasteiger partial charge in [-0.3, -0.25) is 4.79 Å². The molecule has 1 aliphatic carbocycles. The molecule has 2 aromatic rings. The van der Waals surface area contributed by atoms with Gasteiger partial charge in [-0.05, 0) is 36.6 Å². The molecule has 0 bridgehead atoms. The van der Waals surface area contributed by atoms with E-state index < -0.39 is 0 Å². The standard InChI is InChI=1S/C19H22ClN3O/c20-17-9-5-4-6-14(17)12-21-18-11-10-15(13-22-18)19(24)23-16-7-2-1-3-8-16/h4-6,9-11,13,16H,1-3,7-8,12H2,(H,21,22)(H,23,24). The number of hydrogen-bond acceptors (Lipinski definition) is 3. The zero-order chi connectivity index (χ0) is 16.8. The number of rotatable bonds is 5. The molecule has 1 fully saturated rings. The minimum atomic E-state index is -0.0351. The number of anilines is 1. The van der Waals surface area contributed by atoms with E-state index in [0.29, 0.717) is 18.2 Å². The van der Waals surface area contributed by atoms with Crippen molar-refractivity contribution in [3.05, 3.63) is 58.7 Å². The van der Waals surface area contributed by atoms with E-state index >= 15 is 0 Å². The molecule has 2 N–H and O–H groups in total. The Hall–Kier alpha value is -2.07. The van der Waals surface area contributed by atoms with Crippen LogP contribution >= 0.6 is 11.6 Å². The first-order valence-electron chi connectivity index (χ1n) is 8.46. The number of nitrogens with zero attached hydrogens (tertiary/aromatic N) is 1. The van der Waals surface area contributed by atoms with Crippen LogP contribution in [0.15, 0.2) is 42.6 Å². The van der Waals surface area contributed by atoms with Crippen LogP contribution < -0.4 is 10.6 Å². The van der Waals surface area contributed by atoms with Crippen molar-refractivity contribution in [3.63, 3.8) is 0 Å². The van der Waals surface area contributed by atoms with Crippen molar-refractivity contribution < 1.29 is 4.79 Å². The second-order valence-corrected chi connectivity index (χ2v) is 6.59. The fourth-order valence-corrected chi connectivity index (χ4v) is 3.18. The van der Waals surface area contributed by atoms with Crippen LogP contribution in [-0.2, 0) is 6.54 Å². The second-order valence-electron chi connectivity index (χ2n) is 6.19. The molecule has 1 saturated carbocycles. The van der Waals surface area contributed by atoms with Crippen LogP contribution in [0.5, 0.6) is 0 Å². The molecular weight excluding hydrogens is 322 g/mol. The summed E-state index contributed by atoms with van der Waals surface area (Å²) in [6.07, 6.45) is 7.46. The van der Waals surface area contributed by atoms with Crippen LogP contribution in [0.1, 0.15) is 48.0 Å². The molecule has 1 aromatic heterocycles. The van der Waals surface area contributed by atoms with Gasteiger partial charge in [0.1, 0.15) is 5.82 Å². The Labute approximate surface area is 147 Å². The molecule has 1 aromatic carbocycles. The summed E-state index contributed by atoms with van der Waals surface area (Å²) in [7, 11) is 0. The van der Waals surface area contributed by atoms with Crippen LogP contribution in [0.3, 0.4) is 0 Å². The Balaban J connectivity index is 1.54. The predicted molar refractivity (Wildman–Crippen MR) is 97.4 cm³/mol. The Morgan fingerprint density at radius 1 is 1.12 bits per heavy atom. The predicted octanol–water partition coefficient (Wildman–Crippen LogP) is 4.41. The number of carbonyl (C=O) groups is 1. The number of amides is 1. The third-order valence-corrected chi connectivity index (χ3v) is 4.75. The van der Waals surface area contributed by atoms with Gasteiger partial charge in [0.15, 0.2) is 0 Å². The zero-order valence-electron chi connectivity index (χ0n) is 13.6. The average Bonchev–Trinajstić information content (AvgIpc) is 2.62. The summed E-state index contributed by atoms with van der Waals surface area (Å²) < 4.78 is 0. The van der Waals surface area contributed by atoms with Gasteiger partial charge in [0, 0.05) is 23.8 Å². The Morgan fingerprint density at radius 2 is 1.92 bits per heavy atom. The summed E-state index contributed by atoms with van der Waals surface area (Å²) in [6.45, 7) is 0.598. The second kappa shape index (κ2) is 8.15. The fourth-order valence-electron chi connectivity index (χ4n) is 2.98.